The van der Waals surface area contributed by atoms with E-state index < -0.39 is 0 Å². The number of nitrogens with zero attached hydrogens (tertiary/aromatic N) is 3. The van der Waals surface area contributed by atoms with Crippen molar-refractivity contribution in [3.63, 3.8) is 0 Å². The molecule has 0 amide bonds. The number of nitrogens with one attached hydrogen (secondary N) is 1. The minimum atomic E-state index is -0.173. The molecule has 3 N–H and O–H groups in total. The number of nitrogens with two attached hydrogens (primary N) is 1. The molecular weight excluding hydrogens is 242 g/mol. The molecular formula is C13H21N5O. The summed E-state index contributed by atoms with van der Waals surface area (Å²) in [6.07, 6.45) is 0.783. The Morgan fingerprint density at radius 3 is 2.79 bits per heavy atom. The van der Waals surface area contributed by atoms with E-state index in [1.165, 1.54) is 0 Å². The van der Waals surface area contributed by atoms with Crippen LogP contribution in [0.15, 0.2) is 0 Å². The van der Waals surface area contributed by atoms with Crippen molar-refractivity contribution in [1.29, 1.82) is 0 Å². The standard InChI is InChI=1S/C13H21N5O/c1-13(2)4-10-9(7-19-13)11(17-12(14)16-10)18-5-8(6-18)15-3/h8,15H,4-7H2,1-3H3,(H2,14,16,17). The SMILES string of the molecule is CNC1CN(c2nc(N)nc3c2COC(C)(C)C3)C1. The molecule has 0 unspecified atom stereocenters. The molecule has 2 aliphatic heterocycles. The maximum atomic E-state index is 5.88. The number of nitrogen functional groups attached to an aromatic ring is 1. The lowest BCUT2D eigenvalue weighted by Crippen LogP contribution is -2.58. The third kappa shape index (κ3) is 2.26. The normalized spacial score (nSPS) is 21.9. The van der Waals surface area contributed by atoms with Crippen molar-refractivity contribution < 1.29 is 4.74 Å². The Kier molecular flexibility index (Phi) is 2.87. The third-order valence-corrected chi connectivity index (χ3v) is 3.88. The summed E-state index contributed by atoms with van der Waals surface area (Å²) in [7, 11) is 1.98. The van der Waals surface area contributed by atoms with Crippen LogP contribution in [0.1, 0.15) is 25.1 Å². The van der Waals surface area contributed by atoms with Gasteiger partial charge in [-0.3, -0.25) is 0 Å². The number of anilines is 2. The fourth-order valence-electron chi connectivity index (χ4n) is 2.65. The van der Waals surface area contributed by atoms with Crippen molar-refractivity contribution >= 4 is 11.8 Å². The second-order valence-corrected chi connectivity index (χ2v) is 5.95. The summed E-state index contributed by atoms with van der Waals surface area (Å²) < 4.78 is 5.88. The van der Waals surface area contributed by atoms with Gasteiger partial charge in [-0.05, 0) is 20.9 Å². The number of ether oxygens (including phenoxy) is 1. The molecule has 6 nitrogen and oxygen atoms in total. The number of likely N-dealkylation sites (N-methyl/N-ethyl adjacent to an activating group) is 1. The minimum Gasteiger partial charge on any atom is -0.370 e. The van der Waals surface area contributed by atoms with Crippen LogP contribution in [0.4, 0.5) is 11.8 Å². The second kappa shape index (κ2) is 4.31. The molecule has 1 saturated heterocycles. The molecule has 104 valence electrons. The monoisotopic (exact) mass is 263 g/mol. The highest BCUT2D eigenvalue weighted by Crippen LogP contribution is 2.33. The largest absolute Gasteiger partial charge is 0.370 e. The zero-order valence-electron chi connectivity index (χ0n) is 11.7. The molecule has 0 atom stereocenters. The predicted octanol–water partition coefficient (Wildman–Crippen LogP) is 0.318. The first-order valence-corrected chi connectivity index (χ1v) is 6.70. The van der Waals surface area contributed by atoms with E-state index in [0.717, 1.165) is 36.6 Å². The Morgan fingerprint density at radius 1 is 1.37 bits per heavy atom. The fourth-order valence-corrected chi connectivity index (χ4v) is 2.65. The van der Waals surface area contributed by atoms with Gasteiger partial charge in [-0.15, -0.1) is 0 Å². The summed E-state index contributed by atoms with van der Waals surface area (Å²) in [6.45, 7) is 6.65. The molecule has 0 aliphatic carbocycles. The highest BCUT2D eigenvalue weighted by Gasteiger charge is 2.34. The van der Waals surface area contributed by atoms with E-state index in [4.69, 9.17) is 10.5 Å². The van der Waals surface area contributed by atoms with Crippen LogP contribution < -0.4 is 16.0 Å². The van der Waals surface area contributed by atoms with E-state index in [-0.39, 0.29) is 5.60 Å². The summed E-state index contributed by atoms with van der Waals surface area (Å²) in [5, 5.41) is 3.26. The molecule has 0 radical (unpaired) electrons. The summed E-state index contributed by atoms with van der Waals surface area (Å²) in [6, 6.07) is 0.535. The molecule has 1 fully saturated rings. The molecule has 0 bridgehead atoms. The number of rotatable bonds is 2. The maximum absolute atomic E-state index is 5.88. The molecule has 0 saturated carbocycles. The number of aromatic nitrogens is 2. The van der Waals surface area contributed by atoms with Crippen molar-refractivity contribution in [3.05, 3.63) is 11.3 Å². The first kappa shape index (κ1) is 12.6. The third-order valence-electron chi connectivity index (χ3n) is 3.88. The first-order valence-electron chi connectivity index (χ1n) is 6.70. The van der Waals surface area contributed by atoms with Gasteiger partial charge in [-0.25, -0.2) is 4.98 Å². The topological polar surface area (TPSA) is 76.3 Å². The molecule has 1 aromatic rings. The molecule has 6 heteroatoms. The van der Waals surface area contributed by atoms with Gasteiger partial charge in [0.1, 0.15) is 5.82 Å². The van der Waals surface area contributed by atoms with Crippen LogP contribution in [0.5, 0.6) is 0 Å². The zero-order valence-corrected chi connectivity index (χ0v) is 11.7. The van der Waals surface area contributed by atoms with Crippen molar-refractivity contribution in [2.75, 3.05) is 30.8 Å². The van der Waals surface area contributed by atoms with Crippen LogP contribution in [0, 0.1) is 0 Å². The summed E-state index contributed by atoms with van der Waals surface area (Å²) in [5.41, 5.74) is 7.81. The number of hydrogen-bond donors (Lipinski definition) is 2. The highest BCUT2D eigenvalue weighted by molar-refractivity contribution is 5.54. The van der Waals surface area contributed by atoms with E-state index in [1.807, 2.05) is 7.05 Å². The predicted molar refractivity (Wildman–Crippen MR) is 74.1 cm³/mol. The van der Waals surface area contributed by atoms with Gasteiger partial charge in [0.05, 0.1) is 17.9 Å². The van der Waals surface area contributed by atoms with E-state index in [0.29, 0.717) is 18.6 Å². The molecule has 2 aliphatic rings. The minimum absolute atomic E-state index is 0.173. The van der Waals surface area contributed by atoms with Crippen molar-refractivity contribution in [2.24, 2.45) is 0 Å². The Bertz CT molecular complexity index is 496. The van der Waals surface area contributed by atoms with Crippen LogP contribution in [-0.4, -0.2) is 41.7 Å². The quantitative estimate of drug-likeness (QED) is 0.800. The Labute approximate surface area is 113 Å². The summed E-state index contributed by atoms with van der Waals surface area (Å²) in [5.74, 6) is 1.31. The van der Waals surface area contributed by atoms with Gasteiger partial charge in [0.2, 0.25) is 5.95 Å². The van der Waals surface area contributed by atoms with Crippen LogP contribution in [0.25, 0.3) is 0 Å². The maximum Gasteiger partial charge on any atom is 0.222 e. The smallest absolute Gasteiger partial charge is 0.222 e. The highest BCUT2D eigenvalue weighted by atomic mass is 16.5. The Morgan fingerprint density at radius 2 is 2.11 bits per heavy atom. The lowest BCUT2D eigenvalue weighted by molar-refractivity contribution is -0.0412. The molecule has 0 spiro atoms. The molecule has 3 heterocycles. The fraction of sp³-hybridized carbons (Fsp3) is 0.692. The van der Waals surface area contributed by atoms with E-state index in [9.17, 15) is 0 Å². The van der Waals surface area contributed by atoms with E-state index in [1.54, 1.807) is 0 Å². The average Bonchev–Trinajstić information content (AvgIpc) is 2.25. The first-order chi connectivity index (χ1) is 8.98. The van der Waals surface area contributed by atoms with Gasteiger partial charge in [0.15, 0.2) is 0 Å². The van der Waals surface area contributed by atoms with Gasteiger partial charge >= 0.3 is 0 Å². The van der Waals surface area contributed by atoms with Gasteiger partial charge in [0.25, 0.3) is 0 Å². The van der Waals surface area contributed by atoms with Crippen LogP contribution in [0.3, 0.4) is 0 Å². The van der Waals surface area contributed by atoms with Crippen molar-refractivity contribution in [2.45, 2.75) is 38.5 Å². The van der Waals surface area contributed by atoms with Crippen LogP contribution in [-0.2, 0) is 17.8 Å². The molecule has 1 aromatic heterocycles. The Hall–Kier alpha value is -1.40. The van der Waals surface area contributed by atoms with Gasteiger partial charge in [-0.2, -0.15) is 4.98 Å². The van der Waals surface area contributed by atoms with Crippen molar-refractivity contribution in [1.82, 2.24) is 15.3 Å². The van der Waals surface area contributed by atoms with Gasteiger partial charge in [-0.1, -0.05) is 0 Å². The van der Waals surface area contributed by atoms with Crippen LogP contribution in [0.2, 0.25) is 0 Å². The van der Waals surface area contributed by atoms with Crippen LogP contribution >= 0.6 is 0 Å². The number of hydrogen-bond acceptors (Lipinski definition) is 6. The zero-order chi connectivity index (χ0) is 13.6. The van der Waals surface area contributed by atoms with Crippen molar-refractivity contribution in [3.8, 4) is 0 Å². The lowest BCUT2D eigenvalue weighted by Gasteiger charge is -2.42. The number of fused-ring (bicyclic) bond motifs is 1. The molecule has 3 rings (SSSR count). The molecule has 19 heavy (non-hydrogen) atoms. The summed E-state index contributed by atoms with van der Waals surface area (Å²) >= 11 is 0. The average molecular weight is 263 g/mol. The second-order valence-electron chi connectivity index (χ2n) is 5.95. The van der Waals surface area contributed by atoms with Gasteiger partial charge < -0.3 is 20.7 Å². The Balaban J connectivity index is 1.91. The molecule has 0 aromatic carbocycles. The summed E-state index contributed by atoms with van der Waals surface area (Å²) in [4.78, 5) is 11.0. The van der Waals surface area contributed by atoms with E-state index >= 15 is 0 Å². The van der Waals surface area contributed by atoms with E-state index in [2.05, 4.69) is 34.0 Å². The van der Waals surface area contributed by atoms with Gasteiger partial charge in [0, 0.05) is 31.1 Å². The lowest BCUT2D eigenvalue weighted by atomic mass is 9.95.